The van der Waals surface area contributed by atoms with Gasteiger partial charge < -0.3 is 20.4 Å². The average Bonchev–Trinajstić information content (AvgIpc) is 3.58. The zero-order valence-electron chi connectivity index (χ0n) is 18.7. The van der Waals surface area contributed by atoms with Crippen LogP contribution in [0.5, 0.6) is 5.88 Å². The predicted octanol–water partition coefficient (Wildman–Crippen LogP) is 5.44. The molecule has 1 atom stereocenters. The Morgan fingerprint density at radius 1 is 1.26 bits per heavy atom. The quantitative estimate of drug-likeness (QED) is 0.291. The van der Waals surface area contributed by atoms with Crippen LogP contribution >= 0.6 is 0 Å². The number of nitrogens with two attached hydrogens (primary N) is 1. The van der Waals surface area contributed by atoms with E-state index in [2.05, 4.69) is 25.4 Å². The molecule has 0 spiro atoms. The van der Waals surface area contributed by atoms with E-state index in [1.807, 2.05) is 29.8 Å². The van der Waals surface area contributed by atoms with Crippen molar-refractivity contribution >= 4 is 22.5 Å². The normalized spacial score (nSPS) is 14.7. The monoisotopic (exact) mass is 476 g/mol. The summed E-state index contributed by atoms with van der Waals surface area (Å²) in [6.45, 7) is 1.82. The third-order valence-electron chi connectivity index (χ3n) is 5.78. The number of hydrogen-bond acceptors (Lipinski definition) is 8. The highest BCUT2D eigenvalue weighted by Gasteiger charge is 2.24. The van der Waals surface area contributed by atoms with Gasteiger partial charge in [0.1, 0.15) is 41.2 Å². The van der Waals surface area contributed by atoms with Gasteiger partial charge in [-0.3, -0.25) is 0 Å². The van der Waals surface area contributed by atoms with Gasteiger partial charge in [-0.2, -0.15) is 5.11 Å². The number of nitrogens with one attached hydrogen (secondary N) is 2. The van der Waals surface area contributed by atoms with Gasteiger partial charge in [-0.05, 0) is 38.0 Å². The van der Waals surface area contributed by atoms with Crippen molar-refractivity contribution in [2.24, 2.45) is 5.11 Å². The number of nitrogens with zero attached hydrogens (tertiary/aromatic N) is 5. The highest BCUT2D eigenvalue weighted by molar-refractivity contribution is 6.00. The fraction of sp³-hybridized carbons (Fsp3) is 0.208. The van der Waals surface area contributed by atoms with Gasteiger partial charge in [0.2, 0.25) is 5.88 Å². The summed E-state index contributed by atoms with van der Waals surface area (Å²) >= 11 is 0. The third-order valence-corrected chi connectivity index (χ3v) is 5.78. The van der Waals surface area contributed by atoms with Crippen molar-refractivity contribution in [3.63, 3.8) is 0 Å². The second-order valence-electron chi connectivity index (χ2n) is 8.24. The van der Waals surface area contributed by atoms with Crippen LogP contribution in [-0.4, -0.2) is 25.6 Å². The Morgan fingerprint density at radius 2 is 2.09 bits per heavy atom. The van der Waals surface area contributed by atoms with Crippen LogP contribution in [0.1, 0.15) is 25.8 Å². The Balaban J connectivity index is 1.50. The molecule has 35 heavy (non-hydrogen) atoms. The predicted molar refractivity (Wildman–Crippen MR) is 127 cm³/mol. The summed E-state index contributed by atoms with van der Waals surface area (Å²) in [6, 6.07) is 6.41. The first-order valence-electron chi connectivity index (χ1n) is 11.0. The molecule has 11 heteroatoms. The van der Waals surface area contributed by atoms with E-state index in [-0.39, 0.29) is 17.5 Å². The fourth-order valence-corrected chi connectivity index (χ4v) is 3.74. The van der Waals surface area contributed by atoms with Crippen LogP contribution in [0, 0.1) is 17.2 Å². The van der Waals surface area contributed by atoms with Gasteiger partial charge in [-0.1, -0.05) is 0 Å². The first-order valence-corrected chi connectivity index (χ1v) is 11.0. The number of fused-ring (bicyclic) bond motifs is 1. The lowest BCUT2D eigenvalue weighted by atomic mass is 10.1. The second kappa shape index (κ2) is 9.09. The van der Waals surface area contributed by atoms with Crippen LogP contribution in [0.15, 0.2) is 66.1 Å². The summed E-state index contributed by atoms with van der Waals surface area (Å²) in [7, 11) is 0. The maximum atomic E-state index is 14.0. The Bertz CT molecular complexity index is 1430. The van der Waals surface area contributed by atoms with E-state index < -0.39 is 17.7 Å². The molecule has 1 aromatic carbocycles. The number of allylic oxidation sites excluding steroid dienone is 1. The van der Waals surface area contributed by atoms with Gasteiger partial charge in [0, 0.05) is 41.9 Å². The number of aromatic nitrogens is 4. The molecule has 0 amide bonds. The molecule has 0 radical (unpaired) electrons. The molecule has 5 rings (SSSR count). The van der Waals surface area contributed by atoms with E-state index in [1.165, 1.54) is 18.6 Å². The molecule has 1 aliphatic carbocycles. The third kappa shape index (κ3) is 4.52. The molecule has 3 heterocycles. The number of benzene rings is 1. The molecule has 0 saturated heterocycles. The molecule has 1 unspecified atom stereocenters. The van der Waals surface area contributed by atoms with E-state index in [0.717, 1.165) is 36.1 Å². The first-order chi connectivity index (χ1) is 16.9. The van der Waals surface area contributed by atoms with E-state index in [0.29, 0.717) is 22.7 Å². The summed E-state index contributed by atoms with van der Waals surface area (Å²) < 4.78 is 34.8. The van der Waals surface area contributed by atoms with Crippen molar-refractivity contribution in [3.05, 3.63) is 72.6 Å². The Morgan fingerprint density at radius 3 is 2.77 bits per heavy atom. The maximum Gasteiger partial charge on any atom is 0.213 e. The minimum absolute atomic E-state index is 0.0592. The largest absolute Gasteiger partial charge is 0.474 e. The summed E-state index contributed by atoms with van der Waals surface area (Å²) in [5.74, 6) is -0.570. The highest BCUT2D eigenvalue weighted by atomic mass is 19.1. The van der Waals surface area contributed by atoms with Crippen LogP contribution < -0.4 is 15.8 Å². The minimum atomic E-state index is -0.755. The van der Waals surface area contributed by atoms with Gasteiger partial charge in [0.05, 0.1) is 17.1 Å². The molecule has 0 bridgehead atoms. The molecular formula is C24H22F2N8O. The average molecular weight is 476 g/mol. The molecule has 1 fully saturated rings. The number of nitrogen functional groups attached to an aromatic ring is 1. The minimum Gasteiger partial charge on any atom is -0.474 e. The molecule has 1 aliphatic rings. The van der Waals surface area contributed by atoms with E-state index >= 15 is 0 Å². The van der Waals surface area contributed by atoms with Gasteiger partial charge >= 0.3 is 0 Å². The van der Waals surface area contributed by atoms with Gasteiger partial charge in [0.15, 0.2) is 0 Å². The number of pyridine rings is 1. The highest BCUT2D eigenvalue weighted by Crippen LogP contribution is 2.36. The molecule has 178 valence electrons. The summed E-state index contributed by atoms with van der Waals surface area (Å²) in [4.78, 5) is 13.0. The van der Waals surface area contributed by atoms with E-state index in [4.69, 9.17) is 16.0 Å². The fourth-order valence-electron chi connectivity index (χ4n) is 3.74. The number of hydrogen-bond donors (Lipinski definition) is 3. The van der Waals surface area contributed by atoms with Crippen LogP contribution in [0.4, 0.5) is 20.3 Å². The van der Waals surface area contributed by atoms with Crippen molar-refractivity contribution < 1.29 is 13.5 Å². The molecule has 4 N–H and O–H groups in total. The van der Waals surface area contributed by atoms with E-state index in [9.17, 15) is 8.78 Å². The summed E-state index contributed by atoms with van der Waals surface area (Å²) in [6.07, 6.45) is 8.65. The number of ether oxygens (including phenoxy) is 1. The van der Waals surface area contributed by atoms with E-state index in [1.54, 1.807) is 6.20 Å². The zero-order valence-corrected chi connectivity index (χ0v) is 18.7. The smallest absolute Gasteiger partial charge is 0.213 e. The number of anilines is 2. The Kier molecular flexibility index (Phi) is 5.81. The van der Waals surface area contributed by atoms with Crippen molar-refractivity contribution in [1.29, 1.82) is 5.53 Å². The Labute approximate surface area is 199 Å². The first kappa shape index (κ1) is 22.4. The van der Waals surface area contributed by atoms with Gasteiger partial charge in [0.25, 0.3) is 0 Å². The maximum absolute atomic E-state index is 14.0. The van der Waals surface area contributed by atoms with Crippen LogP contribution in [0.25, 0.3) is 22.2 Å². The van der Waals surface area contributed by atoms with Gasteiger partial charge in [-0.25, -0.2) is 29.3 Å². The van der Waals surface area contributed by atoms with Crippen molar-refractivity contribution in [2.75, 3.05) is 11.1 Å². The number of rotatable bonds is 8. The molecule has 1 saturated carbocycles. The lowest BCUT2D eigenvalue weighted by Gasteiger charge is -2.15. The van der Waals surface area contributed by atoms with Crippen molar-refractivity contribution in [1.82, 2.24) is 19.5 Å². The Hall–Kier alpha value is -4.41. The molecule has 0 aliphatic heterocycles. The summed E-state index contributed by atoms with van der Waals surface area (Å²) in [5.41, 5.74) is 16.3. The lowest BCUT2D eigenvalue weighted by Crippen LogP contribution is -2.08. The topological polar surface area (TPSA) is 127 Å². The van der Waals surface area contributed by atoms with Crippen LogP contribution in [-0.2, 0) is 0 Å². The molecule has 9 nitrogen and oxygen atoms in total. The molecular weight excluding hydrogens is 454 g/mol. The lowest BCUT2D eigenvalue weighted by molar-refractivity contribution is 0.291. The van der Waals surface area contributed by atoms with Crippen LogP contribution in [0.3, 0.4) is 0 Å². The SMILES string of the molecule is CC(/C(=C/Nc1ccc(F)cc1F)N=N)n1cc(-c2ccc(OC3CC3)nc2)c2c(N)ncnc21. The molecule has 4 aromatic rings. The molecule has 3 aromatic heterocycles. The van der Waals surface area contributed by atoms with Crippen molar-refractivity contribution in [3.8, 4) is 17.0 Å². The number of halogens is 2. The van der Waals surface area contributed by atoms with Crippen LogP contribution in [0.2, 0.25) is 0 Å². The second-order valence-corrected chi connectivity index (χ2v) is 8.24. The summed E-state index contributed by atoms with van der Waals surface area (Å²) in [5, 5.41) is 7.00. The standard InChI is InChI=1S/C24H22F2N8O/c1-13(20(33-28)10-29-19-6-3-15(25)8-18(19)26)34-11-17(22-23(27)31-12-32-24(22)34)14-2-7-21(30-9-14)35-16-4-5-16/h2-3,6-13,16,28-29H,4-5H2,1H3,(H2,27,31,32)/b20-10-,33-28?. The zero-order chi connectivity index (χ0) is 24.5. The van der Waals surface area contributed by atoms with Gasteiger partial charge in [-0.15, -0.1) is 0 Å². The van der Waals surface area contributed by atoms with Crippen molar-refractivity contribution in [2.45, 2.75) is 31.9 Å².